The fourth-order valence-corrected chi connectivity index (χ4v) is 4.39. The Morgan fingerprint density at radius 2 is 1.82 bits per heavy atom. The van der Waals surface area contributed by atoms with Gasteiger partial charge in [0.05, 0.1) is 0 Å². The van der Waals surface area contributed by atoms with E-state index in [2.05, 4.69) is 9.88 Å². The standard InChI is InChI=1S/C26H32N4O4/c1-28(2)24(31)10-11-29-12-14-30(15-13-29)25(26(32)33)22-17-27-23-9-8-20(16-21(22)23)34-18-19-6-4-3-5-7-19/h3-9,16-17,25,27H,10-15,18H2,1-2H3,(H,32,33)/t25-/m0/s1. The van der Waals surface area contributed by atoms with Gasteiger partial charge in [-0.1, -0.05) is 30.3 Å². The molecule has 1 fully saturated rings. The first-order chi connectivity index (χ1) is 16.4. The number of aliphatic carboxylic acids is 1. The SMILES string of the molecule is CN(C)C(=O)CCN1CCN([C@H](C(=O)O)c2c[nH]c3ccc(OCc4ccccc4)cc23)CC1. The smallest absolute Gasteiger partial charge is 0.325 e. The van der Waals surface area contributed by atoms with E-state index in [1.165, 1.54) is 0 Å². The molecule has 0 aliphatic carbocycles. The average Bonchev–Trinajstić information content (AvgIpc) is 3.25. The molecule has 0 bridgehead atoms. The first kappa shape index (κ1) is 23.8. The lowest BCUT2D eigenvalue weighted by atomic mass is 10.0. The summed E-state index contributed by atoms with van der Waals surface area (Å²) in [6, 6.07) is 14.9. The van der Waals surface area contributed by atoms with Gasteiger partial charge in [-0.25, -0.2) is 0 Å². The molecule has 0 saturated carbocycles. The zero-order chi connectivity index (χ0) is 24.1. The van der Waals surface area contributed by atoms with Crippen LogP contribution in [-0.2, 0) is 16.2 Å². The van der Waals surface area contributed by atoms with Crippen molar-refractivity contribution in [1.82, 2.24) is 19.7 Å². The number of benzene rings is 2. The number of ether oxygens (including phenoxy) is 1. The number of amides is 1. The van der Waals surface area contributed by atoms with E-state index in [-0.39, 0.29) is 5.91 Å². The largest absolute Gasteiger partial charge is 0.489 e. The van der Waals surface area contributed by atoms with E-state index in [1.807, 2.05) is 53.4 Å². The van der Waals surface area contributed by atoms with E-state index in [0.717, 1.165) is 35.1 Å². The molecule has 8 heteroatoms. The number of aromatic amines is 1. The summed E-state index contributed by atoms with van der Waals surface area (Å²) in [7, 11) is 3.52. The Bertz CT molecular complexity index is 1120. The van der Waals surface area contributed by atoms with Gasteiger partial charge >= 0.3 is 5.97 Å². The van der Waals surface area contributed by atoms with E-state index in [9.17, 15) is 14.7 Å². The normalized spacial score (nSPS) is 15.8. The number of hydrogen-bond donors (Lipinski definition) is 2. The predicted molar refractivity (Wildman–Crippen MR) is 131 cm³/mol. The third-order valence-electron chi connectivity index (χ3n) is 6.37. The highest BCUT2D eigenvalue weighted by Gasteiger charge is 2.32. The highest BCUT2D eigenvalue weighted by atomic mass is 16.5. The van der Waals surface area contributed by atoms with E-state index in [4.69, 9.17) is 4.74 Å². The molecule has 1 atom stereocenters. The number of rotatable bonds is 9. The number of carbonyl (C=O) groups is 2. The first-order valence-electron chi connectivity index (χ1n) is 11.6. The Hall–Kier alpha value is -3.36. The van der Waals surface area contributed by atoms with E-state index in [1.54, 1.807) is 25.2 Å². The number of piperazine rings is 1. The Morgan fingerprint density at radius 3 is 2.50 bits per heavy atom. The van der Waals surface area contributed by atoms with Gasteiger partial charge in [0.2, 0.25) is 5.91 Å². The van der Waals surface area contributed by atoms with Gasteiger partial charge < -0.3 is 24.6 Å². The Balaban J connectivity index is 1.45. The molecular formula is C26H32N4O4. The summed E-state index contributed by atoms with van der Waals surface area (Å²) < 4.78 is 5.97. The number of aromatic nitrogens is 1. The van der Waals surface area contributed by atoms with Crippen molar-refractivity contribution < 1.29 is 19.4 Å². The Labute approximate surface area is 199 Å². The summed E-state index contributed by atoms with van der Waals surface area (Å²) in [5.74, 6) is -0.0561. The highest BCUT2D eigenvalue weighted by molar-refractivity contribution is 5.90. The predicted octanol–water partition coefficient (Wildman–Crippen LogP) is 2.97. The van der Waals surface area contributed by atoms with Crippen molar-refractivity contribution >= 4 is 22.8 Å². The highest BCUT2D eigenvalue weighted by Crippen LogP contribution is 2.32. The van der Waals surface area contributed by atoms with E-state index < -0.39 is 12.0 Å². The van der Waals surface area contributed by atoms with Crippen LogP contribution in [0.4, 0.5) is 0 Å². The number of carboxylic acids is 1. The number of hydrogen-bond acceptors (Lipinski definition) is 5. The molecule has 1 saturated heterocycles. The van der Waals surface area contributed by atoms with Crippen LogP contribution in [-0.4, -0.2) is 83.5 Å². The third-order valence-corrected chi connectivity index (χ3v) is 6.37. The van der Waals surface area contributed by atoms with Crippen molar-refractivity contribution in [3.8, 4) is 5.75 Å². The van der Waals surface area contributed by atoms with Crippen molar-refractivity contribution in [2.24, 2.45) is 0 Å². The molecule has 0 radical (unpaired) electrons. The van der Waals surface area contributed by atoms with Crippen LogP contribution in [0, 0.1) is 0 Å². The van der Waals surface area contributed by atoms with Crippen LogP contribution >= 0.6 is 0 Å². The molecule has 180 valence electrons. The van der Waals surface area contributed by atoms with Crippen molar-refractivity contribution in [3.63, 3.8) is 0 Å². The maximum absolute atomic E-state index is 12.4. The van der Waals surface area contributed by atoms with E-state index >= 15 is 0 Å². The van der Waals surface area contributed by atoms with Gasteiger partial charge in [0.15, 0.2) is 0 Å². The molecule has 2 heterocycles. The topological polar surface area (TPSA) is 89.1 Å². The summed E-state index contributed by atoms with van der Waals surface area (Å²) in [5.41, 5.74) is 2.70. The molecule has 1 aliphatic heterocycles. The fourth-order valence-electron chi connectivity index (χ4n) is 4.39. The minimum Gasteiger partial charge on any atom is -0.489 e. The molecule has 0 unspecified atom stereocenters. The molecule has 4 rings (SSSR count). The second kappa shape index (κ2) is 10.7. The lowest BCUT2D eigenvalue weighted by Crippen LogP contribution is -2.49. The molecule has 3 aromatic rings. The van der Waals surface area contributed by atoms with Gasteiger partial charge in [0.25, 0.3) is 0 Å². The molecule has 34 heavy (non-hydrogen) atoms. The maximum atomic E-state index is 12.4. The van der Waals surface area contributed by atoms with Crippen LogP contribution < -0.4 is 4.74 Å². The van der Waals surface area contributed by atoms with Crippen molar-refractivity contribution in [2.45, 2.75) is 19.1 Å². The maximum Gasteiger partial charge on any atom is 0.325 e. The van der Waals surface area contributed by atoms with Gasteiger partial charge in [-0.05, 0) is 23.8 Å². The third kappa shape index (κ3) is 5.58. The number of nitrogens with zero attached hydrogens (tertiary/aromatic N) is 3. The fraction of sp³-hybridized carbons (Fsp3) is 0.385. The zero-order valence-corrected chi connectivity index (χ0v) is 19.7. The molecule has 8 nitrogen and oxygen atoms in total. The number of H-pyrrole nitrogens is 1. The van der Waals surface area contributed by atoms with Gasteiger partial charge in [-0.2, -0.15) is 0 Å². The summed E-state index contributed by atoms with van der Waals surface area (Å²) in [6.07, 6.45) is 2.27. The summed E-state index contributed by atoms with van der Waals surface area (Å²) >= 11 is 0. The van der Waals surface area contributed by atoms with Gasteiger partial charge in [-0.15, -0.1) is 0 Å². The minimum absolute atomic E-state index is 0.106. The van der Waals surface area contributed by atoms with Crippen molar-refractivity contribution in [2.75, 3.05) is 46.8 Å². The minimum atomic E-state index is -0.868. The molecule has 1 aromatic heterocycles. The lowest BCUT2D eigenvalue weighted by molar-refractivity contribution is -0.144. The van der Waals surface area contributed by atoms with Gasteiger partial charge in [-0.3, -0.25) is 14.5 Å². The van der Waals surface area contributed by atoms with E-state index in [0.29, 0.717) is 38.4 Å². The van der Waals surface area contributed by atoms with Crippen molar-refractivity contribution in [1.29, 1.82) is 0 Å². The molecule has 1 amide bonds. The molecule has 1 aliphatic rings. The van der Waals surface area contributed by atoms with Crippen LogP contribution in [0.25, 0.3) is 10.9 Å². The van der Waals surface area contributed by atoms with Gasteiger partial charge in [0.1, 0.15) is 18.4 Å². The average molecular weight is 465 g/mol. The number of nitrogens with one attached hydrogen (secondary N) is 1. The number of carboxylic acid groups (broad SMARTS) is 1. The molecular weight excluding hydrogens is 432 g/mol. The quantitative estimate of drug-likeness (QED) is 0.506. The lowest BCUT2D eigenvalue weighted by Gasteiger charge is -2.37. The number of fused-ring (bicyclic) bond motifs is 1. The monoisotopic (exact) mass is 464 g/mol. The second-order valence-corrected chi connectivity index (χ2v) is 8.88. The summed E-state index contributed by atoms with van der Waals surface area (Å²) in [4.78, 5) is 33.3. The first-order valence-corrected chi connectivity index (χ1v) is 11.6. The number of carbonyl (C=O) groups excluding carboxylic acids is 1. The second-order valence-electron chi connectivity index (χ2n) is 8.88. The van der Waals surface area contributed by atoms with Crippen LogP contribution in [0.2, 0.25) is 0 Å². The van der Waals surface area contributed by atoms with Gasteiger partial charge in [0, 0.05) is 75.9 Å². The summed E-state index contributed by atoms with van der Waals surface area (Å²) in [6.45, 7) is 3.87. The molecule has 2 N–H and O–H groups in total. The Morgan fingerprint density at radius 1 is 1.09 bits per heavy atom. The Kier molecular flexibility index (Phi) is 7.49. The van der Waals surface area contributed by atoms with Crippen LogP contribution in [0.3, 0.4) is 0 Å². The molecule has 0 spiro atoms. The zero-order valence-electron chi connectivity index (χ0n) is 19.7. The molecule has 2 aromatic carbocycles. The van der Waals surface area contributed by atoms with Crippen LogP contribution in [0.1, 0.15) is 23.6 Å². The van der Waals surface area contributed by atoms with Crippen LogP contribution in [0.5, 0.6) is 5.75 Å². The summed E-state index contributed by atoms with van der Waals surface area (Å²) in [5, 5.41) is 11.0. The van der Waals surface area contributed by atoms with Crippen molar-refractivity contribution in [3.05, 3.63) is 65.9 Å². The van der Waals surface area contributed by atoms with Crippen LogP contribution in [0.15, 0.2) is 54.7 Å².